The minimum absolute atomic E-state index is 0.0842. The molecule has 1 heterocycles. The van der Waals surface area contributed by atoms with Gasteiger partial charge in [-0.15, -0.1) is 0 Å². The van der Waals surface area contributed by atoms with Gasteiger partial charge in [-0.1, -0.05) is 11.6 Å². The fourth-order valence-electron chi connectivity index (χ4n) is 1.71. The van der Waals surface area contributed by atoms with E-state index in [0.29, 0.717) is 11.6 Å². The van der Waals surface area contributed by atoms with E-state index in [4.69, 9.17) is 17.3 Å². The predicted molar refractivity (Wildman–Crippen MR) is 58.5 cm³/mol. The molecule has 14 heavy (non-hydrogen) atoms. The first-order valence-corrected chi connectivity index (χ1v) is 5.22. The van der Waals surface area contributed by atoms with E-state index in [1.54, 1.807) is 6.20 Å². The number of aromatic nitrogens is 1. The lowest BCUT2D eigenvalue weighted by molar-refractivity contribution is 0.286. The largest absolute Gasteiger partial charge is 0.363 e. The molecular weight excluding hydrogens is 198 g/mol. The molecule has 1 saturated carbocycles. The minimum atomic E-state index is 0.0842. The van der Waals surface area contributed by atoms with Crippen molar-refractivity contribution in [1.82, 2.24) is 4.98 Å². The first-order chi connectivity index (χ1) is 6.74. The van der Waals surface area contributed by atoms with Gasteiger partial charge in [0.25, 0.3) is 0 Å². The molecule has 4 heteroatoms. The van der Waals surface area contributed by atoms with Crippen molar-refractivity contribution in [3.05, 3.63) is 23.4 Å². The number of hydrogen-bond donors (Lipinski definition) is 2. The lowest BCUT2D eigenvalue weighted by atomic mass is 9.77. The van der Waals surface area contributed by atoms with Crippen molar-refractivity contribution in [2.45, 2.75) is 24.8 Å². The van der Waals surface area contributed by atoms with Crippen LogP contribution in [0.3, 0.4) is 0 Å². The second-order valence-corrected chi connectivity index (χ2v) is 4.26. The Hall–Kier alpha value is -0.800. The van der Waals surface area contributed by atoms with Gasteiger partial charge in [0, 0.05) is 12.7 Å². The molecule has 0 spiro atoms. The third kappa shape index (κ3) is 1.83. The Morgan fingerprint density at radius 3 is 2.71 bits per heavy atom. The number of hydrogen-bond acceptors (Lipinski definition) is 3. The highest BCUT2D eigenvalue weighted by Gasteiger charge is 2.35. The normalized spacial score (nSPS) is 18.7. The molecular formula is C10H14ClN3. The Morgan fingerprint density at radius 1 is 1.50 bits per heavy atom. The van der Waals surface area contributed by atoms with Crippen LogP contribution in [0.2, 0.25) is 5.02 Å². The second-order valence-electron chi connectivity index (χ2n) is 3.82. The molecule has 0 bridgehead atoms. The van der Waals surface area contributed by atoms with Gasteiger partial charge in [-0.3, -0.25) is 0 Å². The standard InChI is InChI=1S/C10H14ClN3/c11-8-2-3-9(13-6-8)14-10(7-12)4-1-5-10/h2-3,6H,1,4-5,7,12H2,(H,13,14). The van der Waals surface area contributed by atoms with Crippen LogP contribution < -0.4 is 11.1 Å². The zero-order valence-electron chi connectivity index (χ0n) is 7.96. The zero-order valence-corrected chi connectivity index (χ0v) is 8.72. The summed E-state index contributed by atoms with van der Waals surface area (Å²) in [7, 11) is 0. The number of nitrogens with two attached hydrogens (primary N) is 1. The van der Waals surface area contributed by atoms with Gasteiger partial charge >= 0.3 is 0 Å². The molecule has 0 radical (unpaired) electrons. The van der Waals surface area contributed by atoms with Crippen LogP contribution in [-0.2, 0) is 0 Å². The van der Waals surface area contributed by atoms with Gasteiger partial charge < -0.3 is 11.1 Å². The number of nitrogens with one attached hydrogen (secondary N) is 1. The van der Waals surface area contributed by atoms with E-state index in [2.05, 4.69) is 10.3 Å². The molecule has 0 saturated heterocycles. The van der Waals surface area contributed by atoms with Crippen molar-refractivity contribution < 1.29 is 0 Å². The van der Waals surface area contributed by atoms with E-state index >= 15 is 0 Å². The van der Waals surface area contributed by atoms with Crippen LogP contribution in [0.25, 0.3) is 0 Å². The molecule has 0 amide bonds. The van der Waals surface area contributed by atoms with Gasteiger partial charge in [-0.05, 0) is 31.4 Å². The molecule has 0 aromatic carbocycles. The summed E-state index contributed by atoms with van der Waals surface area (Å²) in [5.74, 6) is 0.861. The minimum Gasteiger partial charge on any atom is -0.363 e. The molecule has 0 unspecified atom stereocenters. The molecule has 3 N–H and O–H groups in total. The van der Waals surface area contributed by atoms with E-state index in [0.717, 1.165) is 18.7 Å². The Kier molecular flexibility index (Phi) is 2.61. The third-order valence-corrected chi connectivity index (χ3v) is 3.05. The predicted octanol–water partition coefficient (Wildman–Crippen LogP) is 2.03. The quantitative estimate of drug-likeness (QED) is 0.805. The summed E-state index contributed by atoms with van der Waals surface area (Å²) in [6.07, 6.45) is 5.16. The maximum Gasteiger partial charge on any atom is 0.126 e. The van der Waals surface area contributed by atoms with Crippen molar-refractivity contribution in [1.29, 1.82) is 0 Å². The first kappa shape index (κ1) is 9.74. The maximum atomic E-state index is 5.75. The van der Waals surface area contributed by atoms with Gasteiger partial charge in [-0.25, -0.2) is 4.98 Å². The first-order valence-electron chi connectivity index (χ1n) is 4.84. The number of anilines is 1. The highest BCUT2D eigenvalue weighted by atomic mass is 35.5. The summed E-state index contributed by atoms with van der Waals surface area (Å²) in [5.41, 5.74) is 5.81. The van der Waals surface area contributed by atoms with Crippen molar-refractivity contribution in [3.63, 3.8) is 0 Å². The summed E-state index contributed by atoms with van der Waals surface area (Å²) in [6, 6.07) is 3.72. The lowest BCUT2D eigenvalue weighted by Crippen LogP contribution is -2.51. The SMILES string of the molecule is NCC1(Nc2ccc(Cl)cn2)CCC1. The van der Waals surface area contributed by atoms with Crippen LogP contribution in [0, 0.1) is 0 Å². The molecule has 1 aromatic rings. The van der Waals surface area contributed by atoms with Crippen molar-refractivity contribution in [2.75, 3.05) is 11.9 Å². The number of pyridine rings is 1. The Morgan fingerprint density at radius 2 is 2.29 bits per heavy atom. The van der Waals surface area contributed by atoms with Crippen LogP contribution in [0.4, 0.5) is 5.82 Å². The zero-order chi connectivity index (χ0) is 10.0. The fourth-order valence-corrected chi connectivity index (χ4v) is 1.82. The van der Waals surface area contributed by atoms with Crippen LogP contribution in [0.1, 0.15) is 19.3 Å². The lowest BCUT2D eigenvalue weighted by Gasteiger charge is -2.42. The van der Waals surface area contributed by atoms with Crippen molar-refractivity contribution in [3.8, 4) is 0 Å². The van der Waals surface area contributed by atoms with Crippen molar-refractivity contribution >= 4 is 17.4 Å². The monoisotopic (exact) mass is 211 g/mol. The van der Waals surface area contributed by atoms with Gasteiger partial charge in [-0.2, -0.15) is 0 Å². The summed E-state index contributed by atoms with van der Waals surface area (Å²) >= 11 is 5.75. The Labute approximate surface area is 88.7 Å². The van der Waals surface area contributed by atoms with E-state index in [1.807, 2.05) is 12.1 Å². The van der Waals surface area contributed by atoms with Crippen LogP contribution >= 0.6 is 11.6 Å². The smallest absolute Gasteiger partial charge is 0.126 e. The Balaban J connectivity index is 2.06. The van der Waals surface area contributed by atoms with Gasteiger partial charge in [0.15, 0.2) is 0 Å². The topological polar surface area (TPSA) is 50.9 Å². The van der Waals surface area contributed by atoms with Crippen LogP contribution in [0.5, 0.6) is 0 Å². The van der Waals surface area contributed by atoms with Gasteiger partial charge in [0.05, 0.1) is 10.6 Å². The third-order valence-electron chi connectivity index (χ3n) is 2.82. The number of rotatable bonds is 3. The van der Waals surface area contributed by atoms with E-state index in [1.165, 1.54) is 6.42 Å². The summed E-state index contributed by atoms with van der Waals surface area (Å²) in [4.78, 5) is 4.19. The average Bonchev–Trinajstić information content (AvgIpc) is 2.15. The molecule has 2 rings (SSSR count). The molecule has 1 fully saturated rings. The van der Waals surface area contributed by atoms with E-state index < -0.39 is 0 Å². The molecule has 0 aliphatic heterocycles. The number of nitrogens with zero attached hydrogens (tertiary/aromatic N) is 1. The molecule has 1 aliphatic rings. The van der Waals surface area contributed by atoms with E-state index in [9.17, 15) is 0 Å². The molecule has 1 aliphatic carbocycles. The van der Waals surface area contributed by atoms with E-state index in [-0.39, 0.29) is 5.54 Å². The summed E-state index contributed by atoms with van der Waals surface area (Å²) in [6.45, 7) is 0.664. The van der Waals surface area contributed by atoms with Gasteiger partial charge in [0.1, 0.15) is 5.82 Å². The summed E-state index contributed by atoms with van der Waals surface area (Å²) < 4.78 is 0. The molecule has 76 valence electrons. The summed E-state index contributed by atoms with van der Waals surface area (Å²) in [5, 5.41) is 4.03. The highest BCUT2D eigenvalue weighted by Crippen LogP contribution is 2.33. The molecule has 3 nitrogen and oxygen atoms in total. The molecule has 0 atom stereocenters. The highest BCUT2D eigenvalue weighted by molar-refractivity contribution is 6.30. The van der Waals surface area contributed by atoms with Crippen molar-refractivity contribution in [2.24, 2.45) is 5.73 Å². The number of halogens is 1. The molecule has 1 aromatic heterocycles. The Bertz CT molecular complexity index is 300. The second kappa shape index (κ2) is 3.75. The van der Waals surface area contributed by atoms with Gasteiger partial charge in [0.2, 0.25) is 0 Å². The average molecular weight is 212 g/mol. The van der Waals surface area contributed by atoms with Crippen LogP contribution in [0.15, 0.2) is 18.3 Å². The fraction of sp³-hybridized carbons (Fsp3) is 0.500. The van der Waals surface area contributed by atoms with Crippen LogP contribution in [-0.4, -0.2) is 17.1 Å². The maximum absolute atomic E-state index is 5.75.